The van der Waals surface area contributed by atoms with Gasteiger partial charge >= 0.3 is 0 Å². The van der Waals surface area contributed by atoms with Gasteiger partial charge in [0.1, 0.15) is 0 Å². The van der Waals surface area contributed by atoms with Gasteiger partial charge in [-0.05, 0) is 48.8 Å². The van der Waals surface area contributed by atoms with E-state index >= 15 is 0 Å². The maximum atomic E-state index is 5.55. The number of rotatable bonds is 8. The Morgan fingerprint density at radius 3 is 2.52 bits per heavy atom. The number of hydrogen-bond donors (Lipinski definition) is 2. The van der Waals surface area contributed by atoms with E-state index in [0.717, 1.165) is 63.0 Å². The highest BCUT2D eigenvalue weighted by Gasteiger charge is 2.19. The highest BCUT2D eigenvalue weighted by atomic mass is 32.1. The van der Waals surface area contributed by atoms with Crippen LogP contribution in [0.2, 0.25) is 0 Å². The van der Waals surface area contributed by atoms with Crippen molar-refractivity contribution < 1.29 is 0 Å². The number of H-pyrrole nitrogens is 1. The quantitative estimate of drug-likeness (QED) is 0.645. The summed E-state index contributed by atoms with van der Waals surface area (Å²) in [7, 11) is 0. The van der Waals surface area contributed by atoms with Crippen molar-refractivity contribution in [2.24, 2.45) is 5.92 Å². The first-order valence-corrected chi connectivity index (χ1v) is 11.1. The smallest absolute Gasteiger partial charge is 0.169 e. The second kappa shape index (κ2) is 10.5. The van der Waals surface area contributed by atoms with Crippen molar-refractivity contribution in [1.82, 2.24) is 20.2 Å². The lowest BCUT2D eigenvalue weighted by molar-refractivity contribution is 0.378. The van der Waals surface area contributed by atoms with Gasteiger partial charge in [0.05, 0.1) is 18.6 Å². The molecule has 1 saturated heterocycles. The van der Waals surface area contributed by atoms with Crippen molar-refractivity contribution in [3.05, 3.63) is 42.5 Å². The number of hydrogen-bond acceptors (Lipinski definition) is 4. The fraction of sp³-hybridized carbons (Fsp3) is 0.545. The van der Waals surface area contributed by atoms with Crippen LogP contribution in [0, 0.1) is 5.92 Å². The van der Waals surface area contributed by atoms with Crippen LogP contribution in [-0.2, 0) is 6.54 Å². The molecule has 0 bridgehead atoms. The van der Waals surface area contributed by atoms with Crippen LogP contribution in [0.25, 0.3) is 0 Å². The van der Waals surface area contributed by atoms with E-state index in [9.17, 15) is 0 Å². The van der Waals surface area contributed by atoms with E-state index in [1.807, 2.05) is 6.20 Å². The standard InChI is InChI=1S/C22H34N6S/c1-4-9-28(16-19-15-23-17-25-19)21-7-5-20(6-8-21)26-10-12-27(13-11-26)22(29)24-14-18(2)3/h5-8,15,17-18H,4,9-14,16H2,1-3H3,(H,23,25)(H,24,29). The first-order chi connectivity index (χ1) is 14.1. The number of benzene rings is 1. The number of thiocarbonyl (C=S) groups is 1. The molecule has 1 aliphatic heterocycles. The molecule has 3 rings (SSSR count). The zero-order valence-electron chi connectivity index (χ0n) is 17.9. The predicted molar refractivity (Wildman–Crippen MR) is 126 cm³/mol. The van der Waals surface area contributed by atoms with Crippen LogP contribution >= 0.6 is 12.2 Å². The van der Waals surface area contributed by atoms with Crippen molar-refractivity contribution in [1.29, 1.82) is 0 Å². The summed E-state index contributed by atoms with van der Waals surface area (Å²) in [6.07, 6.45) is 4.76. The van der Waals surface area contributed by atoms with Crippen LogP contribution in [0.5, 0.6) is 0 Å². The van der Waals surface area contributed by atoms with E-state index < -0.39 is 0 Å². The van der Waals surface area contributed by atoms with Gasteiger partial charge in [-0.15, -0.1) is 0 Å². The molecule has 2 heterocycles. The largest absolute Gasteiger partial charge is 0.368 e. The molecule has 158 valence electrons. The van der Waals surface area contributed by atoms with E-state index in [0.29, 0.717) is 5.92 Å². The van der Waals surface area contributed by atoms with Crippen molar-refractivity contribution in [2.45, 2.75) is 33.7 Å². The summed E-state index contributed by atoms with van der Waals surface area (Å²) in [6, 6.07) is 8.97. The second-order valence-electron chi connectivity index (χ2n) is 8.07. The van der Waals surface area contributed by atoms with Crippen LogP contribution in [-0.4, -0.2) is 59.2 Å². The van der Waals surface area contributed by atoms with Gasteiger partial charge in [-0.3, -0.25) is 0 Å². The summed E-state index contributed by atoms with van der Waals surface area (Å²) in [4.78, 5) is 14.5. The number of imidazole rings is 1. The highest BCUT2D eigenvalue weighted by molar-refractivity contribution is 7.80. The Bertz CT molecular complexity index is 735. The number of nitrogens with zero attached hydrogens (tertiary/aromatic N) is 4. The monoisotopic (exact) mass is 414 g/mol. The number of anilines is 2. The van der Waals surface area contributed by atoms with E-state index in [1.54, 1.807) is 6.33 Å². The highest BCUT2D eigenvalue weighted by Crippen LogP contribution is 2.23. The SMILES string of the molecule is CCCN(Cc1cnc[nH]1)c1ccc(N2CCN(C(=S)NCC(C)C)CC2)cc1. The van der Waals surface area contributed by atoms with Gasteiger partial charge in [-0.1, -0.05) is 20.8 Å². The Hall–Kier alpha value is -2.28. The first-order valence-electron chi connectivity index (χ1n) is 10.7. The normalized spacial score (nSPS) is 14.3. The summed E-state index contributed by atoms with van der Waals surface area (Å²) in [5, 5.41) is 4.27. The van der Waals surface area contributed by atoms with Crippen LogP contribution in [0.15, 0.2) is 36.8 Å². The average molecular weight is 415 g/mol. The summed E-state index contributed by atoms with van der Waals surface area (Å²) in [5.74, 6) is 0.605. The van der Waals surface area contributed by atoms with Crippen molar-refractivity contribution in [3.8, 4) is 0 Å². The van der Waals surface area contributed by atoms with Crippen molar-refractivity contribution in [3.63, 3.8) is 0 Å². The van der Waals surface area contributed by atoms with Gasteiger partial charge in [-0.25, -0.2) is 4.98 Å². The van der Waals surface area contributed by atoms with Gasteiger partial charge in [0.25, 0.3) is 0 Å². The number of aromatic amines is 1. The molecular weight excluding hydrogens is 380 g/mol. The third-order valence-corrected chi connectivity index (χ3v) is 5.62. The van der Waals surface area contributed by atoms with E-state index in [2.05, 4.69) is 75.0 Å². The fourth-order valence-electron chi connectivity index (χ4n) is 3.59. The molecule has 6 nitrogen and oxygen atoms in total. The minimum atomic E-state index is 0.605. The van der Waals surface area contributed by atoms with E-state index in [-0.39, 0.29) is 0 Å². The fourth-order valence-corrected chi connectivity index (χ4v) is 3.86. The third kappa shape index (κ3) is 6.10. The van der Waals surface area contributed by atoms with Gasteiger partial charge < -0.3 is 25.0 Å². The van der Waals surface area contributed by atoms with Gasteiger partial charge in [0.2, 0.25) is 0 Å². The Labute approximate surface area is 180 Å². The molecule has 1 aliphatic rings. The molecule has 29 heavy (non-hydrogen) atoms. The van der Waals surface area contributed by atoms with E-state index in [1.165, 1.54) is 11.4 Å². The lowest BCUT2D eigenvalue weighted by Gasteiger charge is -2.37. The van der Waals surface area contributed by atoms with Crippen LogP contribution < -0.4 is 15.1 Å². The molecule has 7 heteroatoms. The third-order valence-electron chi connectivity index (χ3n) is 5.22. The Balaban J connectivity index is 1.55. The van der Waals surface area contributed by atoms with Crippen LogP contribution in [0.1, 0.15) is 32.9 Å². The second-order valence-corrected chi connectivity index (χ2v) is 8.46. The molecule has 2 aromatic rings. The lowest BCUT2D eigenvalue weighted by Crippen LogP contribution is -2.52. The first kappa shape index (κ1) is 21.4. The Kier molecular flexibility index (Phi) is 7.75. The molecule has 1 aromatic heterocycles. The maximum absolute atomic E-state index is 5.55. The van der Waals surface area contributed by atoms with Crippen molar-refractivity contribution in [2.75, 3.05) is 49.1 Å². The van der Waals surface area contributed by atoms with Gasteiger partial charge in [-0.2, -0.15) is 0 Å². The molecule has 1 fully saturated rings. The summed E-state index contributed by atoms with van der Waals surface area (Å²) >= 11 is 5.55. The zero-order valence-corrected chi connectivity index (χ0v) is 18.7. The maximum Gasteiger partial charge on any atom is 0.169 e. The summed E-state index contributed by atoms with van der Waals surface area (Å²) in [5.41, 5.74) is 3.68. The minimum absolute atomic E-state index is 0.605. The van der Waals surface area contributed by atoms with Crippen LogP contribution in [0.3, 0.4) is 0 Å². The molecule has 0 saturated carbocycles. The molecule has 0 atom stereocenters. The molecule has 0 radical (unpaired) electrons. The zero-order chi connectivity index (χ0) is 20.6. The number of piperazine rings is 1. The molecule has 1 aromatic carbocycles. The van der Waals surface area contributed by atoms with Gasteiger partial charge in [0.15, 0.2) is 5.11 Å². The Morgan fingerprint density at radius 1 is 1.21 bits per heavy atom. The summed E-state index contributed by atoms with van der Waals surface area (Å²) in [6.45, 7) is 13.4. The number of nitrogens with one attached hydrogen (secondary N) is 2. The predicted octanol–water partition coefficient (Wildman–Crippen LogP) is 3.48. The average Bonchev–Trinajstić information content (AvgIpc) is 3.25. The number of aromatic nitrogens is 2. The molecule has 0 unspecified atom stereocenters. The molecular formula is C22H34N6S. The Morgan fingerprint density at radius 2 is 1.93 bits per heavy atom. The topological polar surface area (TPSA) is 50.4 Å². The molecule has 0 aliphatic carbocycles. The lowest BCUT2D eigenvalue weighted by atomic mass is 10.2. The molecule has 0 spiro atoms. The molecule has 0 amide bonds. The summed E-state index contributed by atoms with van der Waals surface area (Å²) < 4.78 is 0. The van der Waals surface area contributed by atoms with Gasteiger partial charge in [0, 0.05) is 56.8 Å². The minimum Gasteiger partial charge on any atom is -0.368 e. The molecule has 2 N–H and O–H groups in total. The van der Waals surface area contributed by atoms with Crippen molar-refractivity contribution >= 4 is 28.7 Å². The van der Waals surface area contributed by atoms with E-state index in [4.69, 9.17) is 12.2 Å². The van der Waals surface area contributed by atoms with Crippen LogP contribution in [0.4, 0.5) is 11.4 Å².